The number of hydrogen-bond donors (Lipinski definition) is 1. The van der Waals surface area contributed by atoms with Gasteiger partial charge in [-0.2, -0.15) is 0 Å². The normalized spacial score (nSPS) is 19.5. The molecule has 1 amide bonds. The highest BCUT2D eigenvalue weighted by molar-refractivity contribution is 7.92. The first-order valence-corrected chi connectivity index (χ1v) is 12.1. The Morgan fingerprint density at radius 3 is 2.39 bits per heavy atom. The van der Waals surface area contributed by atoms with Crippen molar-refractivity contribution in [3.05, 3.63) is 48.0 Å². The first-order valence-electron chi connectivity index (χ1n) is 10.3. The third-order valence-electron chi connectivity index (χ3n) is 5.68. The molecule has 0 bridgehead atoms. The summed E-state index contributed by atoms with van der Waals surface area (Å²) in [6, 6.07) is 13.0. The van der Waals surface area contributed by atoms with Crippen LogP contribution in [0.4, 0.5) is 17.1 Å². The van der Waals surface area contributed by atoms with Crippen LogP contribution in [0.15, 0.2) is 42.5 Å². The van der Waals surface area contributed by atoms with Crippen molar-refractivity contribution >= 4 is 33.0 Å². The second kappa shape index (κ2) is 8.39. The summed E-state index contributed by atoms with van der Waals surface area (Å²) in [5.41, 5.74) is 3.14. The van der Waals surface area contributed by atoms with E-state index in [1.165, 1.54) is 4.31 Å². The Labute approximate surface area is 183 Å². The van der Waals surface area contributed by atoms with Crippen molar-refractivity contribution in [2.75, 3.05) is 60.5 Å². The van der Waals surface area contributed by atoms with Gasteiger partial charge < -0.3 is 19.9 Å². The third kappa shape index (κ3) is 4.77. The number of benzene rings is 2. The smallest absolute Gasteiger partial charge is 0.267 e. The van der Waals surface area contributed by atoms with Crippen molar-refractivity contribution in [1.82, 2.24) is 4.90 Å². The van der Waals surface area contributed by atoms with Crippen LogP contribution in [-0.2, 0) is 14.8 Å². The van der Waals surface area contributed by atoms with Crippen molar-refractivity contribution in [2.45, 2.75) is 13.0 Å². The molecule has 1 saturated heterocycles. The molecule has 0 radical (unpaired) electrons. The number of piperazine rings is 1. The molecule has 0 aliphatic carbocycles. The van der Waals surface area contributed by atoms with Gasteiger partial charge in [-0.15, -0.1) is 0 Å². The van der Waals surface area contributed by atoms with Crippen molar-refractivity contribution in [3.8, 4) is 5.75 Å². The van der Waals surface area contributed by atoms with E-state index in [1.54, 1.807) is 12.1 Å². The molecule has 2 heterocycles. The van der Waals surface area contributed by atoms with E-state index in [9.17, 15) is 13.2 Å². The van der Waals surface area contributed by atoms with E-state index in [2.05, 4.69) is 22.2 Å². The number of rotatable bonds is 4. The predicted molar refractivity (Wildman–Crippen MR) is 123 cm³/mol. The molecule has 4 rings (SSSR count). The second-order valence-electron chi connectivity index (χ2n) is 8.20. The average Bonchev–Trinajstić information content (AvgIpc) is 2.73. The number of ether oxygens (including phenoxy) is 1. The number of amides is 1. The van der Waals surface area contributed by atoms with E-state index in [0.29, 0.717) is 17.1 Å². The minimum atomic E-state index is -3.55. The van der Waals surface area contributed by atoms with Crippen LogP contribution in [0.1, 0.15) is 5.56 Å². The maximum atomic E-state index is 12.9. The summed E-state index contributed by atoms with van der Waals surface area (Å²) in [4.78, 5) is 17.5. The van der Waals surface area contributed by atoms with Gasteiger partial charge in [-0.1, -0.05) is 6.07 Å². The Morgan fingerprint density at radius 1 is 1.06 bits per heavy atom. The number of hydrogen-bond acceptors (Lipinski definition) is 6. The average molecular weight is 445 g/mol. The lowest BCUT2D eigenvalue weighted by atomic mass is 10.1. The number of anilines is 3. The SMILES string of the molecule is Cc1ccc2c(c1)N(S(C)(=O)=O)CC(C(=O)Nc1ccc(N3CCN(C)CC3)cc1)O2. The Balaban J connectivity index is 1.46. The van der Waals surface area contributed by atoms with E-state index in [-0.39, 0.29) is 12.5 Å². The zero-order valence-corrected chi connectivity index (χ0v) is 18.9. The minimum absolute atomic E-state index is 0.0689. The summed E-state index contributed by atoms with van der Waals surface area (Å²) >= 11 is 0. The maximum Gasteiger partial charge on any atom is 0.267 e. The van der Waals surface area contributed by atoms with E-state index < -0.39 is 16.1 Å². The summed E-state index contributed by atoms with van der Waals surface area (Å²) in [5, 5.41) is 2.85. The summed E-state index contributed by atoms with van der Waals surface area (Å²) in [7, 11) is -1.43. The van der Waals surface area contributed by atoms with Crippen molar-refractivity contribution in [3.63, 3.8) is 0 Å². The number of likely N-dealkylation sites (N-methyl/N-ethyl adjacent to an activating group) is 1. The molecule has 166 valence electrons. The Bertz CT molecular complexity index is 1060. The summed E-state index contributed by atoms with van der Waals surface area (Å²) in [6.07, 6.45) is 0.193. The highest BCUT2D eigenvalue weighted by atomic mass is 32.2. The molecule has 31 heavy (non-hydrogen) atoms. The molecule has 1 atom stereocenters. The van der Waals surface area contributed by atoms with Crippen LogP contribution < -0.4 is 19.3 Å². The predicted octanol–water partition coefficient (Wildman–Crippen LogP) is 1.91. The Hall–Kier alpha value is -2.78. The fourth-order valence-corrected chi connectivity index (χ4v) is 4.76. The second-order valence-corrected chi connectivity index (χ2v) is 10.1. The van der Waals surface area contributed by atoms with Crippen LogP contribution >= 0.6 is 0 Å². The molecule has 2 aliphatic rings. The van der Waals surface area contributed by atoms with Gasteiger partial charge in [-0.25, -0.2) is 8.42 Å². The van der Waals surface area contributed by atoms with Crippen LogP contribution in [0, 0.1) is 6.92 Å². The van der Waals surface area contributed by atoms with E-state index in [1.807, 2.05) is 37.3 Å². The van der Waals surface area contributed by atoms with E-state index in [0.717, 1.165) is 43.7 Å². The number of nitrogens with one attached hydrogen (secondary N) is 1. The highest BCUT2D eigenvalue weighted by Crippen LogP contribution is 2.36. The van der Waals surface area contributed by atoms with Crippen LogP contribution in [0.2, 0.25) is 0 Å². The van der Waals surface area contributed by atoms with Gasteiger partial charge in [0, 0.05) is 37.6 Å². The number of carbonyl (C=O) groups is 1. The first-order chi connectivity index (χ1) is 14.7. The number of nitrogens with zero attached hydrogens (tertiary/aromatic N) is 3. The molecule has 2 aromatic carbocycles. The highest BCUT2D eigenvalue weighted by Gasteiger charge is 2.35. The van der Waals surface area contributed by atoms with Gasteiger partial charge in [0.2, 0.25) is 10.0 Å². The Kier molecular flexibility index (Phi) is 5.81. The standard InChI is InChI=1S/C22H28N4O4S/c1-16-4-9-20-19(14-16)26(31(3,28)29)15-21(30-20)22(27)23-17-5-7-18(8-6-17)25-12-10-24(2)11-13-25/h4-9,14,21H,10-13,15H2,1-3H3,(H,23,27). The molecule has 0 aromatic heterocycles. The van der Waals surface area contributed by atoms with E-state index in [4.69, 9.17) is 4.74 Å². The largest absolute Gasteiger partial charge is 0.476 e. The van der Waals surface area contributed by atoms with Gasteiger partial charge in [-0.05, 0) is 55.9 Å². The van der Waals surface area contributed by atoms with Crippen LogP contribution in [0.5, 0.6) is 5.75 Å². The molecule has 8 nitrogen and oxygen atoms in total. The van der Waals surface area contributed by atoms with Crippen LogP contribution in [-0.4, -0.2) is 71.4 Å². The molecule has 9 heteroatoms. The van der Waals surface area contributed by atoms with Gasteiger partial charge in [0.25, 0.3) is 5.91 Å². The Morgan fingerprint density at radius 2 is 1.74 bits per heavy atom. The third-order valence-corrected chi connectivity index (χ3v) is 6.83. The number of sulfonamides is 1. The molecule has 2 aliphatic heterocycles. The molecule has 1 fully saturated rings. The number of carbonyl (C=O) groups excluding carboxylic acids is 1. The fourth-order valence-electron chi connectivity index (χ4n) is 3.85. The molecular weight excluding hydrogens is 416 g/mol. The quantitative estimate of drug-likeness (QED) is 0.776. The van der Waals surface area contributed by atoms with Gasteiger partial charge in [0.15, 0.2) is 6.10 Å². The zero-order valence-electron chi connectivity index (χ0n) is 18.0. The van der Waals surface area contributed by atoms with Gasteiger partial charge in [0.1, 0.15) is 5.75 Å². The van der Waals surface area contributed by atoms with Gasteiger partial charge in [-0.3, -0.25) is 9.10 Å². The molecule has 1 N–H and O–H groups in total. The summed E-state index contributed by atoms with van der Waals surface area (Å²) in [6.45, 7) is 5.80. The van der Waals surface area contributed by atoms with Crippen molar-refractivity contribution < 1.29 is 17.9 Å². The fraction of sp³-hybridized carbons (Fsp3) is 0.409. The minimum Gasteiger partial charge on any atom is -0.476 e. The first kappa shape index (κ1) is 21.5. The number of fused-ring (bicyclic) bond motifs is 1. The maximum absolute atomic E-state index is 12.9. The lowest BCUT2D eigenvalue weighted by Gasteiger charge is -2.34. The van der Waals surface area contributed by atoms with Crippen molar-refractivity contribution in [1.29, 1.82) is 0 Å². The van der Waals surface area contributed by atoms with Gasteiger partial charge >= 0.3 is 0 Å². The zero-order chi connectivity index (χ0) is 22.2. The molecule has 0 spiro atoms. The molecule has 2 aromatic rings. The summed E-state index contributed by atoms with van der Waals surface area (Å²) < 4.78 is 31.7. The van der Waals surface area contributed by atoms with Crippen LogP contribution in [0.25, 0.3) is 0 Å². The molecule has 0 saturated carbocycles. The van der Waals surface area contributed by atoms with Crippen LogP contribution in [0.3, 0.4) is 0 Å². The van der Waals surface area contributed by atoms with Gasteiger partial charge in [0.05, 0.1) is 18.5 Å². The molecular formula is C22H28N4O4S. The lowest BCUT2D eigenvalue weighted by Crippen LogP contribution is -2.48. The monoisotopic (exact) mass is 444 g/mol. The lowest BCUT2D eigenvalue weighted by molar-refractivity contribution is -0.122. The topological polar surface area (TPSA) is 82.2 Å². The van der Waals surface area contributed by atoms with E-state index >= 15 is 0 Å². The summed E-state index contributed by atoms with van der Waals surface area (Å²) in [5.74, 6) is 0.0000571. The number of aryl methyl sites for hydroxylation is 1. The molecule has 1 unspecified atom stereocenters. The van der Waals surface area contributed by atoms with Crippen molar-refractivity contribution in [2.24, 2.45) is 0 Å².